The van der Waals surface area contributed by atoms with Crippen molar-refractivity contribution in [2.75, 3.05) is 5.73 Å². The second-order valence-electron chi connectivity index (χ2n) is 4.25. The topological polar surface area (TPSA) is 107 Å². The van der Waals surface area contributed by atoms with Crippen molar-refractivity contribution in [1.29, 1.82) is 0 Å². The van der Waals surface area contributed by atoms with Crippen LogP contribution in [0.5, 0.6) is 0 Å². The molecule has 0 spiro atoms. The van der Waals surface area contributed by atoms with Crippen molar-refractivity contribution >= 4 is 22.9 Å². The Bertz CT molecular complexity index is 835. The van der Waals surface area contributed by atoms with E-state index < -0.39 is 5.56 Å². The molecule has 0 radical (unpaired) electrons. The van der Waals surface area contributed by atoms with Gasteiger partial charge in [0.15, 0.2) is 16.9 Å². The third kappa shape index (κ3) is 1.95. The van der Waals surface area contributed by atoms with E-state index >= 15 is 0 Å². The lowest BCUT2D eigenvalue weighted by atomic mass is 10.1. The summed E-state index contributed by atoms with van der Waals surface area (Å²) < 4.78 is 1.13. The Morgan fingerprint density at radius 3 is 2.80 bits per heavy atom. The fraction of sp³-hybridized carbons (Fsp3) is 0.0769. The summed E-state index contributed by atoms with van der Waals surface area (Å²) in [4.78, 5) is 34.9. The Labute approximate surface area is 113 Å². The smallest absolute Gasteiger partial charge is 0.281 e. The minimum absolute atomic E-state index is 0.0288. The molecule has 1 aromatic carbocycles. The fourth-order valence-electron chi connectivity index (χ4n) is 1.95. The molecule has 100 valence electrons. The summed E-state index contributed by atoms with van der Waals surface area (Å²) in [6, 6.07) is 8.71. The van der Waals surface area contributed by atoms with Crippen molar-refractivity contribution in [3.63, 3.8) is 0 Å². The summed E-state index contributed by atoms with van der Waals surface area (Å²) in [6.45, 7) is -0.156. The number of ketones is 1. The number of fused-ring (bicyclic) bond motifs is 1. The highest BCUT2D eigenvalue weighted by Gasteiger charge is 2.14. The molecule has 0 amide bonds. The van der Waals surface area contributed by atoms with Gasteiger partial charge in [-0.3, -0.25) is 14.2 Å². The van der Waals surface area contributed by atoms with Crippen LogP contribution < -0.4 is 11.3 Å². The number of hydrogen-bond donors (Lipinski definition) is 2. The van der Waals surface area contributed by atoms with Gasteiger partial charge in [0.05, 0.1) is 12.9 Å². The van der Waals surface area contributed by atoms with Crippen molar-refractivity contribution < 1.29 is 4.79 Å². The lowest BCUT2D eigenvalue weighted by molar-refractivity contribution is 0.0971. The van der Waals surface area contributed by atoms with E-state index in [0.717, 1.165) is 4.57 Å². The van der Waals surface area contributed by atoms with E-state index in [1.165, 1.54) is 6.33 Å². The van der Waals surface area contributed by atoms with Crippen LogP contribution in [0.4, 0.5) is 5.95 Å². The zero-order chi connectivity index (χ0) is 14.1. The van der Waals surface area contributed by atoms with E-state index in [2.05, 4.69) is 15.0 Å². The largest absolute Gasteiger partial charge is 0.369 e. The normalized spacial score (nSPS) is 10.8. The highest BCUT2D eigenvalue weighted by Crippen LogP contribution is 2.07. The van der Waals surface area contributed by atoms with Crippen molar-refractivity contribution in [2.24, 2.45) is 0 Å². The van der Waals surface area contributed by atoms with Gasteiger partial charge >= 0.3 is 0 Å². The number of Topliss-reactive ketones (excluding diaryl/α,β-unsaturated/α-hetero) is 1. The van der Waals surface area contributed by atoms with E-state index in [0.29, 0.717) is 5.56 Å². The third-order valence-corrected chi connectivity index (χ3v) is 2.97. The average Bonchev–Trinajstić information content (AvgIpc) is 2.92. The second kappa shape index (κ2) is 4.61. The highest BCUT2D eigenvalue weighted by molar-refractivity contribution is 5.96. The number of benzene rings is 1. The molecule has 0 atom stereocenters. The van der Waals surface area contributed by atoms with Gasteiger partial charge in [-0.05, 0) is 0 Å². The molecule has 2 aromatic heterocycles. The summed E-state index contributed by atoms with van der Waals surface area (Å²) in [5, 5.41) is 0. The molecule has 0 aliphatic rings. The molecule has 0 aliphatic carbocycles. The predicted octanol–water partition coefficient (Wildman–Crippen LogP) is 0.585. The van der Waals surface area contributed by atoms with Crippen molar-refractivity contribution in [2.45, 2.75) is 6.54 Å². The Balaban J connectivity index is 2.03. The number of hydrogen-bond acceptors (Lipinski definition) is 5. The van der Waals surface area contributed by atoms with E-state index in [1.807, 2.05) is 6.07 Å². The summed E-state index contributed by atoms with van der Waals surface area (Å²) in [7, 11) is 0. The van der Waals surface area contributed by atoms with Gasteiger partial charge in [-0.15, -0.1) is 0 Å². The molecule has 0 unspecified atom stereocenters. The molecule has 7 heteroatoms. The van der Waals surface area contributed by atoms with Gasteiger partial charge in [-0.1, -0.05) is 30.3 Å². The number of H-pyrrole nitrogens is 1. The first-order valence-corrected chi connectivity index (χ1v) is 5.94. The molecule has 0 aliphatic heterocycles. The van der Waals surface area contributed by atoms with Crippen LogP contribution in [-0.2, 0) is 6.54 Å². The number of aromatic amines is 1. The molecule has 3 aromatic rings. The average molecular weight is 269 g/mol. The predicted molar refractivity (Wildman–Crippen MR) is 73.3 cm³/mol. The maximum Gasteiger partial charge on any atom is 0.281 e. The Hall–Kier alpha value is -2.96. The summed E-state index contributed by atoms with van der Waals surface area (Å²) >= 11 is 0. The van der Waals surface area contributed by atoms with Crippen molar-refractivity contribution in [3.8, 4) is 0 Å². The monoisotopic (exact) mass is 269 g/mol. The lowest BCUT2D eigenvalue weighted by Gasteiger charge is -2.07. The molecule has 3 rings (SSSR count). The highest BCUT2D eigenvalue weighted by atomic mass is 16.1. The van der Waals surface area contributed by atoms with Gasteiger partial charge in [-0.25, -0.2) is 4.98 Å². The van der Waals surface area contributed by atoms with Gasteiger partial charge in [-0.2, -0.15) is 4.98 Å². The Kier molecular flexibility index (Phi) is 2.79. The van der Waals surface area contributed by atoms with Crippen LogP contribution in [0.2, 0.25) is 0 Å². The third-order valence-electron chi connectivity index (χ3n) is 2.97. The first-order chi connectivity index (χ1) is 9.66. The maximum atomic E-state index is 12.2. The fourth-order valence-corrected chi connectivity index (χ4v) is 1.95. The standard InChI is InChI=1S/C13H11N5O2/c14-13-17-11-10(15-7-16-11)12(20)18(13)6-9(19)8-4-2-1-3-5-8/h1-5,7H,6H2,(H2,14,17)(H,15,16). The molecule has 0 saturated heterocycles. The van der Waals surface area contributed by atoms with E-state index in [-0.39, 0.29) is 29.4 Å². The molecule has 0 saturated carbocycles. The van der Waals surface area contributed by atoms with Crippen molar-refractivity contribution in [3.05, 3.63) is 52.6 Å². The minimum Gasteiger partial charge on any atom is -0.369 e. The van der Waals surface area contributed by atoms with Gasteiger partial charge in [0, 0.05) is 5.56 Å². The number of anilines is 1. The molecule has 2 heterocycles. The molecular formula is C13H11N5O2. The Morgan fingerprint density at radius 1 is 1.30 bits per heavy atom. The zero-order valence-electron chi connectivity index (χ0n) is 10.4. The van der Waals surface area contributed by atoms with Crippen LogP contribution in [-0.4, -0.2) is 25.3 Å². The van der Waals surface area contributed by atoms with Crippen LogP contribution in [0.25, 0.3) is 11.2 Å². The van der Waals surface area contributed by atoms with Gasteiger partial charge in [0.1, 0.15) is 0 Å². The first kappa shape index (κ1) is 12.1. The summed E-state index contributed by atoms with van der Waals surface area (Å²) in [5.41, 5.74) is 6.31. The number of nitrogens with zero attached hydrogens (tertiary/aromatic N) is 3. The number of nitrogen functional groups attached to an aromatic ring is 1. The van der Waals surface area contributed by atoms with Crippen LogP contribution in [0.3, 0.4) is 0 Å². The molecule has 0 fully saturated rings. The number of rotatable bonds is 3. The first-order valence-electron chi connectivity index (χ1n) is 5.94. The number of nitrogens with one attached hydrogen (secondary N) is 1. The van der Waals surface area contributed by atoms with Crippen LogP contribution in [0.1, 0.15) is 10.4 Å². The van der Waals surface area contributed by atoms with Gasteiger partial charge in [0.25, 0.3) is 5.56 Å². The number of aromatic nitrogens is 4. The summed E-state index contributed by atoms with van der Waals surface area (Å²) in [5.74, 6) is -0.237. The number of carbonyl (C=O) groups is 1. The number of imidazole rings is 1. The van der Waals surface area contributed by atoms with Crippen LogP contribution in [0.15, 0.2) is 41.5 Å². The molecule has 0 bridgehead atoms. The quantitative estimate of drug-likeness (QED) is 0.676. The zero-order valence-corrected chi connectivity index (χ0v) is 10.4. The van der Waals surface area contributed by atoms with Crippen LogP contribution >= 0.6 is 0 Å². The van der Waals surface area contributed by atoms with E-state index in [9.17, 15) is 9.59 Å². The van der Waals surface area contributed by atoms with Gasteiger partial charge in [0.2, 0.25) is 5.95 Å². The molecule has 7 nitrogen and oxygen atoms in total. The second-order valence-corrected chi connectivity index (χ2v) is 4.25. The van der Waals surface area contributed by atoms with Crippen LogP contribution in [0, 0.1) is 0 Å². The molecule has 20 heavy (non-hydrogen) atoms. The molecule has 3 N–H and O–H groups in total. The van der Waals surface area contributed by atoms with E-state index in [1.54, 1.807) is 24.3 Å². The molecular weight excluding hydrogens is 258 g/mol. The van der Waals surface area contributed by atoms with Crippen molar-refractivity contribution in [1.82, 2.24) is 19.5 Å². The SMILES string of the molecule is Nc1nc2nc[nH]c2c(=O)n1CC(=O)c1ccccc1. The van der Waals surface area contributed by atoms with E-state index in [4.69, 9.17) is 5.73 Å². The minimum atomic E-state index is -0.408. The number of carbonyl (C=O) groups excluding carboxylic acids is 1. The lowest BCUT2D eigenvalue weighted by Crippen LogP contribution is -2.28. The Morgan fingerprint density at radius 2 is 2.05 bits per heavy atom. The number of nitrogens with two attached hydrogens (primary N) is 1. The maximum absolute atomic E-state index is 12.2. The van der Waals surface area contributed by atoms with Gasteiger partial charge < -0.3 is 10.7 Å². The summed E-state index contributed by atoms with van der Waals surface area (Å²) in [6.07, 6.45) is 1.36.